The van der Waals surface area contributed by atoms with E-state index in [9.17, 15) is 4.79 Å². The third-order valence-corrected chi connectivity index (χ3v) is 4.70. The molecule has 1 amide bonds. The standard InChI is InChI=1S/C23H20N4O3/c28-23(26-29)20-14-21(25-22(15-20)27-10-12-30-13-11-27)19-7-5-17(6-8-19)3-4-18-2-1-9-24-16-18/h1-2,5-9,14-16,29H,10-13H2,(H,26,28). The van der Waals surface area contributed by atoms with Crippen LogP contribution in [0, 0.1) is 11.8 Å². The minimum absolute atomic E-state index is 0.337. The van der Waals surface area contributed by atoms with Gasteiger partial charge < -0.3 is 9.64 Å². The van der Waals surface area contributed by atoms with Crippen molar-refractivity contribution in [3.63, 3.8) is 0 Å². The van der Waals surface area contributed by atoms with Crippen molar-refractivity contribution in [2.24, 2.45) is 0 Å². The summed E-state index contributed by atoms with van der Waals surface area (Å²) in [4.78, 5) is 22.9. The zero-order chi connectivity index (χ0) is 20.8. The molecule has 1 aliphatic heterocycles. The first-order valence-corrected chi connectivity index (χ1v) is 9.54. The second kappa shape index (κ2) is 9.18. The van der Waals surface area contributed by atoms with Crippen molar-refractivity contribution < 1.29 is 14.7 Å². The highest BCUT2D eigenvalue weighted by molar-refractivity contribution is 5.95. The van der Waals surface area contributed by atoms with Crippen LogP contribution < -0.4 is 10.4 Å². The van der Waals surface area contributed by atoms with Gasteiger partial charge in [-0.1, -0.05) is 24.0 Å². The minimum atomic E-state index is -0.577. The zero-order valence-electron chi connectivity index (χ0n) is 16.2. The van der Waals surface area contributed by atoms with Crippen molar-refractivity contribution in [1.82, 2.24) is 15.4 Å². The average molecular weight is 400 g/mol. The molecule has 0 radical (unpaired) electrons. The average Bonchev–Trinajstić information content (AvgIpc) is 2.83. The summed E-state index contributed by atoms with van der Waals surface area (Å²) in [6.07, 6.45) is 3.43. The van der Waals surface area contributed by atoms with Crippen molar-refractivity contribution in [2.45, 2.75) is 0 Å². The Balaban J connectivity index is 1.63. The lowest BCUT2D eigenvalue weighted by Crippen LogP contribution is -2.37. The number of benzene rings is 1. The number of rotatable bonds is 3. The fourth-order valence-electron chi connectivity index (χ4n) is 3.12. The van der Waals surface area contributed by atoms with Gasteiger partial charge in [0.2, 0.25) is 0 Å². The van der Waals surface area contributed by atoms with Gasteiger partial charge in [-0.25, -0.2) is 10.5 Å². The van der Waals surface area contributed by atoms with Gasteiger partial charge in [-0.2, -0.15) is 0 Å². The van der Waals surface area contributed by atoms with Crippen LogP contribution in [-0.4, -0.2) is 47.4 Å². The Morgan fingerprint density at radius 2 is 1.83 bits per heavy atom. The van der Waals surface area contributed by atoms with E-state index in [0.717, 1.165) is 16.7 Å². The minimum Gasteiger partial charge on any atom is -0.378 e. The largest absolute Gasteiger partial charge is 0.378 e. The van der Waals surface area contributed by atoms with Crippen LogP contribution in [0.3, 0.4) is 0 Å². The summed E-state index contributed by atoms with van der Waals surface area (Å²) in [6.45, 7) is 2.61. The quantitative estimate of drug-likeness (QED) is 0.399. The van der Waals surface area contributed by atoms with Gasteiger partial charge in [-0.15, -0.1) is 0 Å². The maximum atomic E-state index is 12.1. The molecule has 7 nitrogen and oxygen atoms in total. The molecule has 1 aromatic carbocycles. The van der Waals surface area contributed by atoms with Crippen LogP contribution >= 0.6 is 0 Å². The van der Waals surface area contributed by atoms with Gasteiger partial charge in [0, 0.05) is 47.7 Å². The first-order chi connectivity index (χ1) is 14.7. The van der Waals surface area contributed by atoms with Gasteiger partial charge >= 0.3 is 0 Å². The maximum absolute atomic E-state index is 12.1. The highest BCUT2D eigenvalue weighted by Crippen LogP contribution is 2.24. The van der Waals surface area contributed by atoms with Gasteiger partial charge in [0.1, 0.15) is 5.82 Å². The topological polar surface area (TPSA) is 87.6 Å². The van der Waals surface area contributed by atoms with Gasteiger partial charge in [0.05, 0.1) is 18.9 Å². The van der Waals surface area contributed by atoms with E-state index in [2.05, 4.69) is 21.7 Å². The van der Waals surface area contributed by atoms with Crippen LogP contribution in [0.2, 0.25) is 0 Å². The summed E-state index contributed by atoms with van der Waals surface area (Å²) in [6, 6.07) is 14.7. The number of anilines is 1. The molecule has 1 aliphatic rings. The van der Waals surface area contributed by atoms with Crippen molar-refractivity contribution >= 4 is 11.7 Å². The molecule has 3 heterocycles. The van der Waals surface area contributed by atoms with Crippen molar-refractivity contribution in [3.05, 3.63) is 77.6 Å². The van der Waals surface area contributed by atoms with Gasteiger partial charge in [-0.05, 0) is 36.4 Å². The van der Waals surface area contributed by atoms with Gasteiger partial charge in [0.25, 0.3) is 5.91 Å². The normalized spacial score (nSPS) is 13.3. The first kappa shape index (κ1) is 19.6. The van der Waals surface area contributed by atoms with Crippen molar-refractivity contribution in [1.29, 1.82) is 0 Å². The van der Waals surface area contributed by atoms with Gasteiger partial charge in [-0.3, -0.25) is 15.0 Å². The molecule has 0 saturated carbocycles. The van der Waals surface area contributed by atoms with E-state index in [0.29, 0.717) is 43.4 Å². The summed E-state index contributed by atoms with van der Waals surface area (Å²) in [5.41, 5.74) is 5.24. The Labute approximate surface area is 174 Å². The Morgan fingerprint density at radius 1 is 1.07 bits per heavy atom. The van der Waals surface area contributed by atoms with Crippen molar-refractivity contribution in [3.8, 4) is 23.1 Å². The lowest BCUT2D eigenvalue weighted by atomic mass is 10.1. The number of aromatic nitrogens is 2. The summed E-state index contributed by atoms with van der Waals surface area (Å²) >= 11 is 0. The molecular weight excluding hydrogens is 380 g/mol. The third-order valence-electron chi connectivity index (χ3n) is 4.70. The monoisotopic (exact) mass is 400 g/mol. The molecule has 2 aromatic heterocycles. The maximum Gasteiger partial charge on any atom is 0.274 e. The number of hydrogen-bond acceptors (Lipinski definition) is 6. The van der Waals surface area contributed by atoms with Crippen LogP contribution in [0.4, 0.5) is 5.82 Å². The molecule has 3 aromatic rings. The predicted molar refractivity (Wildman–Crippen MR) is 112 cm³/mol. The summed E-state index contributed by atoms with van der Waals surface area (Å²) in [7, 11) is 0. The third kappa shape index (κ3) is 4.63. The molecule has 0 unspecified atom stereocenters. The highest BCUT2D eigenvalue weighted by Gasteiger charge is 2.17. The number of nitrogens with zero attached hydrogens (tertiary/aromatic N) is 3. The molecule has 2 N–H and O–H groups in total. The lowest BCUT2D eigenvalue weighted by molar-refractivity contribution is 0.0706. The summed E-state index contributed by atoms with van der Waals surface area (Å²) < 4.78 is 5.40. The highest BCUT2D eigenvalue weighted by atomic mass is 16.5. The first-order valence-electron chi connectivity index (χ1n) is 9.54. The summed E-state index contributed by atoms with van der Waals surface area (Å²) in [5, 5.41) is 9.07. The van der Waals surface area contributed by atoms with E-state index in [4.69, 9.17) is 14.9 Å². The molecule has 0 aliphatic carbocycles. The SMILES string of the molecule is O=C(NO)c1cc(-c2ccc(C#Cc3cccnc3)cc2)nc(N2CCOCC2)c1. The number of carbonyl (C=O) groups excluding carboxylic acids is 1. The number of pyridine rings is 2. The van der Waals surface area contributed by atoms with E-state index in [1.54, 1.807) is 30.0 Å². The lowest BCUT2D eigenvalue weighted by Gasteiger charge is -2.28. The Bertz CT molecular complexity index is 1080. The number of nitrogens with one attached hydrogen (secondary N) is 1. The summed E-state index contributed by atoms with van der Waals surface area (Å²) in [5.74, 6) is 6.29. The zero-order valence-corrected chi connectivity index (χ0v) is 16.2. The van der Waals surface area contributed by atoms with Crippen LogP contribution in [0.15, 0.2) is 60.9 Å². The fraction of sp³-hybridized carbons (Fsp3) is 0.174. The molecule has 4 rings (SSSR count). The molecule has 0 atom stereocenters. The Morgan fingerprint density at radius 3 is 2.53 bits per heavy atom. The number of ether oxygens (including phenoxy) is 1. The molecule has 0 bridgehead atoms. The Kier molecular flexibility index (Phi) is 5.99. The van der Waals surface area contributed by atoms with E-state index >= 15 is 0 Å². The second-order valence-electron chi connectivity index (χ2n) is 6.71. The molecule has 150 valence electrons. The van der Waals surface area contributed by atoms with Gasteiger partial charge in [0.15, 0.2) is 0 Å². The van der Waals surface area contributed by atoms with E-state index in [-0.39, 0.29) is 0 Å². The van der Waals surface area contributed by atoms with Crippen LogP contribution in [0.5, 0.6) is 0 Å². The van der Waals surface area contributed by atoms with Crippen LogP contribution in [0.1, 0.15) is 21.5 Å². The molecule has 30 heavy (non-hydrogen) atoms. The molecule has 1 saturated heterocycles. The number of morpholine rings is 1. The number of amides is 1. The molecule has 7 heteroatoms. The molecule has 0 spiro atoms. The van der Waals surface area contributed by atoms with Crippen molar-refractivity contribution in [2.75, 3.05) is 31.2 Å². The smallest absolute Gasteiger partial charge is 0.274 e. The number of carbonyl (C=O) groups is 1. The van der Waals surface area contributed by atoms with E-state index < -0.39 is 5.91 Å². The number of hydroxylamine groups is 1. The second-order valence-corrected chi connectivity index (χ2v) is 6.71. The van der Waals surface area contributed by atoms with E-state index in [1.807, 2.05) is 36.4 Å². The Hall–Kier alpha value is -3.73. The van der Waals surface area contributed by atoms with Crippen LogP contribution in [-0.2, 0) is 4.74 Å². The van der Waals surface area contributed by atoms with Crippen LogP contribution in [0.25, 0.3) is 11.3 Å². The fourth-order valence-corrected chi connectivity index (χ4v) is 3.12. The van der Waals surface area contributed by atoms with E-state index in [1.165, 1.54) is 0 Å². The number of hydrogen-bond donors (Lipinski definition) is 2. The molecule has 1 fully saturated rings. The molecular formula is C23H20N4O3. The predicted octanol–water partition coefficient (Wildman–Crippen LogP) is 2.50.